The Morgan fingerprint density at radius 1 is 1.05 bits per heavy atom. The summed E-state index contributed by atoms with van der Waals surface area (Å²) < 4.78 is 23.2. The minimum absolute atomic E-state index is 0.359. The van der Waals surface area contributed by atoms with Crippen molar-refractivity contribution in [3.63, 3.8) is 0 Å². The highest BCUT2D eigenvalue weighted by Crippen LogP contribution is 2.27. The zero-order chi connectivity index (χ0) is 15.2. The van der Waals surface area contributed by atoms with E-state index in [-0.39, 0.29) is 0 Å². The summed E-state index contributed by atoms with van der Waals surface area (Å²) in [5.74, 6) is 1.71. The van der Waals surface area contributed by atoms with Crippen molar-refractivity contribution in [2.24, 2.45) is 5.73 Å². The van der Waals surface area contributed by atoms with Crippen LogP contribution >= 0.6 is 0 Å². The second-order valence-electron chi connectivity index (χ2n) is 4.49. The first-order valence-electron chi connectivity index (χ1n) is 6.56. The molecule has 4 nitrogen and oxygen atoms in total. The summed E-state index contributed by atoms with van der Waals surface area (Å²) in [5, 5.41) is 0. The van der Waals surface area contributed by atoms with Crippen LogP contribution in [-0.2, 0) is 23.1 Å². The fourth-order valence-corrected chi connectivity index (χ4v) is 3.37. The average molecular weight is 305 g/mol. The van der Waals surface area contributed by atoms with Crippen molar-refractivity contribution in [1.29, 1.82) is 0 Å². The van der Waals surface area contributed by atoms with Crippen LogP contribution in [0.1, 0.15) is 11.1 Å². The highest BCUT2D eigenvalue weighted by molar-refractivity contribution is 7.84. The second kappa shape index (κ2) is 7.24. The van der Waals surface area contributed by atoms with Gasteiger partial charge in [0.1, 0.15) is 11.5 Å². The summed E-state index contributed by atoms with van der Waals surface area (Å²) in [7, 11) is 1.97. The molecular weight excluding hydrogens is 286 g/mol. The SMILES string of the molecule is COc1ccc(CN)cc1CS(=O)c1ccccc1OC. The third-order valence-electron chi connectivity index (χ3n) is 3.18. The topological polar surface area (TPSA) is 61.5 Å². The maximum atomic E-state index is 12.6. The lowest BCUT2D eigenvalue weighted by molar-refractivity contribution is 0.403. The van der Waals surface area contributed by atoms with Gasteiger partial charge in [0.05, 0.1) is 35.7 Å². The van der Waals surface area contributed by atoms with E-state index in [1.54, 1.807) is 20.3 Å². The summed E-state index contributed by atoms with van der Waals surface area (Å²) >= 11 is 0. The first-order valence-corrected chi connectivity index (χ1v) is 7.88. The number of ether oxygens (including phenoxy) is 2. The molecule has 0 amide bonds. The van der Waals surface area contributed by atoms with Gasteiger partial charge in [-0.2, -0.15) is 0 Å². The normalized spacial score (nSPS) is 12.0. The van der Waals surface area contributed by atoms with E-state index >= 15 is 0 Å². The number of nitrogens with two attached hydrogens (primary N) is 1. The summed E-state index contributed by atoms with van der Waals surface area (Å²) in [5.41, 5.74) is 7.53. The highest BCUT2D eigenvalue weighted by atomic mass is 32.2. The van der Waals surface area contributed by atoms with E-state index in [0.717, 1.165) is 16.9 Å². The maximum absolute atomic E-state index is 12.6. The largest absolute Gasteiger partial charge is 0.496 e. The predicted octanol–water partition coefficient (Wildman–Crippen LogP) is 2.47. The molecule has 2 aromatic rings. The van der Waals surface area contributed by atoms with Gasteiger partial charge in [-0.1, -0.05) is 18.2 Å². The lowest BCUT2D eigenvalue weighted by Gasteiger charge is -2.12. The van der Waals surface area contributed by atoms with Crippen molar-refractivity contribution in [2.75, 3.05) is 14.2 Å². The van der Waals surface area contributed by atoms with Gasteiger partial charge in [0.2, 0.25) is 0 Å². The van der Waals surface area contributed by atoms with Crippen molar-refractivity contribution in [2.45, 2.75) is 17.2 Å². The van der Waals surface area contributed by atoms with Gasteiger partial charge in [-0.05, 0) is 29.8 Å². The van der Waals surface area contributed by atoms with Gasteiger partial charge >= 0.3 is 0 Å². The molecule has 0 fully saturated rings. The molecule has 0 bridgehead atoms. The minimum Gasteiger partial charge on any atom is -0.496 e. The smallest absolute Gasteiger partial charge is 0.134 e. The minimum atomic E-state index is -1.21. The molecule has 5 heteroatoms. The Bertz CT molecular complexity index is 643. The van der Waals surface area contributed by atoms with E-state index in [1.807, 2.05) is 36.4 Å². The summed E-state index contributed by atoms with van der Waals surface area (Å²) in [6.45, 7) is 0.443. The number of para-hydroxylation sites is 1. The molecule has 1 atom stereocenters. The Labute approximate surface area is 127 Å². The molecule has 1 unspecified atom stereocenters. The number of rotatable bonds is 6. The Morgan fingerprint density at radius 3 is 2.43 bits per heavy atom. The van der Waals surface area contributed by atoms with Crippen molar-refractivity contribution in [3.8, 4) is 11.5 Å². The molecule has 0 saturated carbocycles. The van der Waals surface area contributed by atoms with Crippen LogP contribution in [-0.4, -0.2) is 18.4 Å². The summed E-state index contributed by atoms with van der Waals surface area (Å²) in [6.07, 6.45) is 0. The van der Waals surface area contributed by atoms with E-state index in [2.05, 4.69) is 0 Å². The van der Waals surface area contributed by atoms with Crippen molar-refractivity contribution in [1.82, 2.24) is 0 Å². The van der Waals surface area contributed by atoms with Gasteiger partial charge in [-0.3, -0.25) is 4.21 Å². The molecule has 0 aliphatic rings. The monoisotopic (exact) mass is 305 g/mol. The molecule has 2 N–H and O–H groups in total. The molecule has 2 aromatic carbocycles. The van der Waals surface area contributed by atoms with Crippen molar-refractivity contribution in [3.05, 3.63) is 53.6 Å². The van der Waals surface area contributed by atoms with Gasteiger partial charge in [-0.15, -0.1) is 0 Å². The van der Waals surface area contributed by atoms with Crippen LogP contribution in [0.2, 0.25) is 0 Å². The van der Waals surface area contributed by atoms with Crippen molar-refractivity contribution < 1.29 is 13.7 Å². The average Bonchev–Trinajstić information content (AvgIpc) is 2.54. The van der Waals surface area contributed by atoms with Gasteiger partial charge in [-0.25, -0.2) is 0 Å². The lowest BCUT2D eigenvalue weighted by atomic mass is 10.1. The zero-order valence-corrected chi connectivity index (χ0v) is 13.0. The molecule has 112 valence electrons. The number of methoxy groups -OCH3 is 2. The van der Waals surface area contributed by atoms with Crippen LogP contribution < -0.4 is 15.2 Å². The zero-order valence-electron chi connectivity index (χ0n) is 12.2. The third kappa shape index (κ3) is 3.62. The first-order chi connectivity index (χ1) is 10.2. The highest BCUT2D eigenvalue weighted by Gasteiger charge is 2.13. The van der Waals surface area contributed by atoms with Crippen LogP contribution in [0, 0.1) is 0 Å². The van der Waals surface area contributed by atoms with E-state index in [1.165, 1.54) is 0 Å². The molecule has 0 aliphatic carbocycles. The Morgan fingerprint density at radius 2 is 1.76 bits per heavy atom. The fraction of sp³-hybridized carbons (Fsp3) is 0.250. The number of benzene rings is 2. The molecule has 21 heavy (non-hydrogen) atoms. The molecule has 0 radical (unpaired) electrons. The van der Waals surface area contributed by atoms with E-state index in [4.69, 9.17) is 15.2 Å². The van der Waals surface area contributed by atoms with Crippen LogP contribution in [0.4, 0.5) is 0 Å². The lowest BCUT2D eigenvalue weighted by Crippen LogP contribution is -2.03. The van der Waals surface area contributed by atoms with E-state index < -0.39 is 10.8 Å². The van der Waals surface area contributed by atoms with Crippen LogP contribution in [0.3, 0.4) is 0 Å². The Balaban J connectivity index is 2.30. The molecule has 0 spiro atoms. The van der Waals surface area contributed by atoms with Crippen LogP contribution in [0.25, 0.3) is 0 Å². The van der Waals surface area contributed by atoms with Crippen molar-refractivity contribution >= 4 is 10.8 Å². The van der Waals surface area contributed by atoms with Gasteiger partial charge < -0.3 is 15.2 Å². The molecule has 0 aromatic heterocycles. The maximum Gasteiger partial charge on any atom is 0.134 e. The van der Waals surface area contributed by atoms with E-state index in [9.17, 15) is 4.21 Å². The van der Waals surface area contributed by atoms with Gasteiger partial charge in [0.15, 0.2) is 0 Å². The van der Waals surface area contributed by atoms with Gasteiger partial charge in [0.25, 0.3) is 0 Å². The standard InChI is InChI=1S/C16H19NO3S/c1-19-14-8-7-12(10-17)9-13(14)11-21(18)16-6-4-3-5-15(16)20-2/h3-9H,10-11,17H2,1-2H3. The second-order valence-corrected chi connectivity index (χ2v) is 5.91. The third-order valence-corrected chi connectivity index (χ3v) is 4.58. The fourth-order valence-electron chi connectivity index (χ4n) is 2.10. The predicted molar refractivity (Wildman–Crippen MR) is 84.0 cm³/mol. The molecule has 0 heterocycles. The molecular formula is C16H19NO3S. The van der Waals surface area contributed by atoms with Crippen LogP contribution in [0.15, 0.2) is 47.4 Å². The molecule has 0 saturated heterocycles. The van der Waals surface area contributed by atoms with Crippen LogP contribution in [0.5, 0.6) is 11.5 Å². The quantitative estimate of drug-likeness (QED) is 0.890. The molecule has 0 aliphatic heterocycles. The summed E-state index contributed by atoms with van der Waals surface area (Å²) in [4.78, 5) is 0.681. The molecule has 2 rings (SSSR count). The Hall–Kier alpha value is -1.85. The summed E-state index contributed by atoms with van der Waals surface area (Å²) in [6, 6.07) is 13.0. The number of hydrogen-bond donors (Lipinski definition) is 1. The first kappa shape index (κ1) is 15.5. The Kier molecular flexibility index (Phi) is 5.36. The van der Waals surface area contributed by atoms with Gasteiger partial charge in [0, 0.05) is 12.1 Å². The van der Waals surface area contributed by atoms with E-state index in [0.29, 0.717) is 22.9 Å². The number of hydrogen-bond acceptors (Lipinski definition) is 4.